The molecule has 1 atom stereocenters. The first-order valence-corrected chi connectivity index (χ1v) is 12.9. The summed E-state index contributed by atoms with van der Waals surface area (Å²) in [7, 11) is 0. The number of rotatable bonds is 4. The van der Waals surface area contributed by atoms with Crippen molar-refractivity contribution in [1.82, 2.24) is 19.9 Å². The minimum absolute atomic E-state index is 0.0472. The van der Waals surface area contributed by atoms with Crippen molar-refractivity contribution in [1.29, 1.82) is 0 Å². The molecule has 0 aliphatic carbocycles. The van der Waals surface area contributed by atoms with Gasteiger partial charge in [0.1, 0.15) is 5.60 Å². The van der Waals surface area contributed by atoms with Gasteiger partial charge in [-0.25, -0.2) is 9.78 Å². The third kappa shape index (κ3) is 5.54. The standard InChI is InChI=1S/C29H30F3N5O3/c1-17-16-36(11-12-37(17)27(39)40-28(2,3)4)19-9-10-22-23(14-19)35-26(34-22)24-13-18(15-33-24)25(38)20-7-5-6-8-21(20)29(30,31)32/h5-10,13-15,17,33H,11-12,16H2,1-4H3,(H,34,35)/t17-/m0/s1. The summed E-state index contributed by atoms with van der Waals surface area (Å²) in [5.74, 6) is -0.271. The number of carbonyl (C=O) groups excluding carboxylic acids is 2. The number of carbonyl (C=O) groups is 2. The molecule has 3 heterocycles. The van der Waals surface area contributed by atoms with Gasteiger partial charge in [0, 0.05) is 48.7 Å². The number of hydrogen-bond donors (Lipinski definition) is 2. The normalized spacial score (nSPS) is 16.4. The van der Waals surface area contributed by atoms with Crippen LogP contribution in [0.3, 0.4) is 0 Å². The van der Waals surface area contributed by atoms with Crippen molar-refractivity contribution in [3.8, 4) is 11.5 Å². The van der Waals surface area contributed by atoms with Gasteiger partial charge in [-0.3, -0.25) is 4.79 Å². The highest BCUT2D eigenvalue weighted by molar-refractivity contribution is 6.10. The fourth-order valence-electron chi connectivity index (χ4n) is 4.85. The van der Waals surface area contributed by atoms with E-state index in [1.165, 1.54) is 30.5 Å². The molecule has 0 bridgehead atoms. The predicted molar refractivity (Wildman–Crippen MR) is 145 cm³/mol. The van der Waals surface area contributed by atoms with Crippen LogP contribution in [0.1, 0.15) is 49.2 Å². The molecule has 1 aliphatic heterocycles. The number of alkyl halides is 3. The van der Waals surface area contributed by atoms with Crippen molar-refractivity contribution in [2.75, 3.05) is 24.5 Å². The number of imidazole rings is 1. The first-order chi connectivity index (χ1) is 18.8. The van der Waals surface area contributed by atoms with E-state index in [9.17, 15) is 22.8 Å². The molecule has 0 spiro atoms. The second-order valence-corrected chi connectivity index (χ2v) is 10.9. The number of fused-ring (bicyclic) bond motifs is 1. The van der Waals surface area contributed by atoms with Gasteiger partial charge in [-0.05, 0) is 58.0 Å². The quantitative estimate of drug-likeness (QED) is 0.291. The number of benzene rings is 2. The Labute approximate surface area is 229 Å². The molecule has 0 radical (unpaired) electrons. The molecule has 11 heteroatoms. The number of ether oxygens (including phenoxy) is 1. The van der Waals surface area contributed by atoms with Crippen molar-refractivity contribution in [3.05, 3.63) is 71.4 Å². The first kappa shape index (κ1) is 27.3. The van der Waals surface area contributed by atoms with Crippen LogP contribution in [-0.4, -0.2) is 63.0 Å². The molecular formula is C29H30F3N5O3. The van der Waals surface area contributed by atoms with Gasteiger partial charge in [-0.15, -0.1) is 0 Å². The van der Waals surface area contributed by atoms with Crippen LogP contribution < -0.4 is 4.90 Å². The molecular weight excluding hydrogens is 523 g/mol. The van der Waals surface area contributed by atoms with E-state index in [0.29, 0.717) is 36.7 Å². The lowest BCUT2D eigenvalue weighted by molar-refractivity contribution is -0.137. The summed E-state index contributed by atoms with van der Waals surface area (Å²) in [6.45, 7) is 9.32. The van der Waals surface area contributed by atoms with Gasteiger partial charge in [-0.1, -0.05) is 18.2 Å². The smallest absolute Gasteiger partial charge is 0.417 e. The molecule has 2 aromatic heterocycles. The number of anilines is 1. The van der Waals surface area contributed by atoms with Gasteiger partial charge in [0.05, 0.1) is 22.3 Å². The highest BCUT2D eigenvalue weighted by atomic mass is 19.4. The highest BCUT2D eigenvalue weighted by Gasteiger charge is 2.35. The summed E-state index contributed by atoms with van der Waals surface area (Å²) in [6, 6.07) is 12.0. The van der Waals surface area contributed by atoms with Gasteiger partial charge in [-0.2, -0.15) is 13.2 Å². The minimum Gasteiger partial charge on any atom is -0.444 e. The van der Waals surface area contributed by atoms with E-state index >= 15 is 0 Å². The fraction of sp³-hybridized carbons (Fsp3) is 0.345. The van der Waals surface area contributed by atoms with Crippen molar-refractivity contribution >= 4 is 28.6 Å². The number of ketones is 1. The Balaban J connectivity index is 1.33. The zero-order chi connectivity index (χ0) is 28.8. The molecule has 2 aromatic carbocycles. The third-order valence-electron chi connectivity index (χ3n) is 6.76. The summed E-state index contributed by atoms with van der Waals surface area (Å²) in [4.78, 5) is 40.2. The number of H-pyrrole nitrogens is 2. The van der Waals surface area contributed by atoms with E-state index < -0.39 is 28.7 Å². The van der Waals surface area contributed by atoms with E-state index in [4.69, 9.17) is 4.74 Å². The van der Waals surface area contributed by atoms with Crippen molar-refractivity contribution in [3.63, 3.8) is 0 Å². The number of piperazine rings is 1. The Hall–Kier alpha value is -4.28. The summed E-state index contributed by atoms with van der Waals surface area (Å²) >= 11 is 0. The number of aromatic nitrogens is 3. The van der Waals surface area contributed by atoms with Crippen molar-refractivity contribution in [2.45, 2.75) is 45.5 Å². The van der Waals surface area contributed by atoms with Crippen LogP contribution >= 0.6 is 0 Å². The summed E-state index contributed by atoms with van der Waals surface area (Å²) in [5.41, 5.74) is 1.07. The molecule has 0 saturated carbocycles. The van der Waals surface area contributed by atoms with E-state index in [2.05, 4.69) is 19.9 Å². The summed E-state index contributed by atoms with van der Waals surface area (Å²) in [6.07, 6.45) is -3.57. The van der Waals surface area contributed by atoms with Crippen LogP contribution in [0.5, 0.6) is 0 Å². The maximum Gasteiger partial charge on any atom is 0.417 e. The van der Waals surface area contributed by atoms with Gasteiger partial charge >= 0.3 is 12.3 Å². The lowest BCUT2D eigenvalue weighted by Gasteiger charge is -2.41. The first-order valence-electron chi connectivity index (χ1n) is 12.9. The van der Waals surface area contributed by atoms with Crippen molar-refractivity contribution < 1.29 is 27.5 Å². The van der Waals surface area contributed by atoms with Crippen LogP contribution in [0.2, 0.25) is 0 Å². The second kappa shape index (κ2) is 10.0. The zero-order valence-corrected chi connectivity index (χ0v) is 22.6. The van der Waals surface area contributed by atoms with Gasteiger partial charge in [0.2, 0.25) is 0 Å². The molecule has 0 unspecified atom stereocenters. The highest BCUT2D eigenvalue weighted by Crippen LogP contribution is 2.33. The Kier molecular flexibility index (Phi) is 6.85. The average molecular weight is 554 g/mol. The number of aromatic amines is 2. The Bertz CT molecular complexity index is 1570. The Morgan fingerprint density at radius 3 is 2.50 bits per heavy atom. The average Bonchev–Trinajstić information content (AvgIpc) is 3.53. The number of hydrogen-bond acceptors (Lipinski definition) is 5. The summed E-state index contributed by atoms with van der Waals surface area (Å²) in [5, 5.41) is 0. The summed E-state index contributed by atoms with van der Waals surface area (Å²) < 4.78 is 45.8. The lowest BCUT2D eigenvalue weighted by atomic mass is 9.99. The molecule has 1 fully saturated rings. The number of nitrogens with zero attached hydrogens (tertiary/aromatic N) is 3. The second-order valence-electron chi connectivity index (χ2n) is 10.9. The maximum absolute atomic E-state index is 13.4. The SMILES string of the molecule is C[C@H]1CN(c2ccc3nc(-c4cc(C(=O)c5ccccc5C(F)(F)F)c[nH]4)[nH]c3c2)CCN1C(=O)OC(C)(C)C. The number of amides is 1. The predicted octanol–water partition coefficient (Wildman–Crippen LogP) is 6.25. The molecule has 40 heavy (non-hydrogen) atoms. The zero-order valence-electron chi connectivity index (χ0n) is 22.6. The van der Waals surface area contributed by atoms with Gasteiger partial charge in [0.15, 0.2) is 11.6 Å². The lowest BCUT2D eigenvalue weighted by Crippen LogP contribution is -2.55. The molecule has 2 N–H and O–H groups in total. The Morgan fingerprint density at radius 1 is 1.05 bits per heavy atom. The molecule has 1 aliphatic rings. The van der Waals surface area contributed by atoms with E-state index in [1.807, 2.05) is 45.9 Å². The molecule has 210 valence electrons. The topological polar surface area (TPSA) is 94.3 Å². The maximum atomic E-state index is 13.4. The monoisotopic (exact) mass is 553 g/mol. The van der Waals surface area contributed by atoms with Crippen molar-refractivity contribution in [2.24, 2.45) is 0 Å². The number of nitrogens with one attached hydrogen (secondary N) is 2. The molecule has 1 amide bonds. The molecule has 5 rings (SSSR count). The van der Waals surface area contributed by atoms with Crippen LogP contribution in [-0.2, 0) is 10.9 Å². The van der Waals surface area contributed by atoms with Gasteiger partial charge < -0.3 is 24.5 Å². The van der Waals surface area contributed by atoms with Crippen LogP contribution in [0.25, 0.3) is 22.6 Å². The van der Waals surface area contributed by atoms with Crippen LogP contribution in [0.4, 0.5) is 23.7 Å². The minimum atomic E-state index is -4.64. The molecule has 4 aromatic rings. The van der Waals surface area contributed by atoms with E-state index in [-0.39, 0.29) is 17.7 Å². The fourth-order valence-corrected chi connectivity index (χ4v) is 4.85. The Morgan fingerprint density at radius 2 is 1.80 bits per heavy atom. The molecule has 1 saturated heterocycles. The van der Waals surface area contributed by atoms with E-state index in [1.54, 1.807) is 4.90 Å². The van der Waals surface area contributed by atoms with E-state index in [0.717, 1.165) is 17.3 Å². The third-order valence-corrected chi connectivity index (χ3v) is 6.76. The number of halogens is 3. The van der Waals surface area contributed by atoms with Crippen LogP contribution in [0, 0.1) is 0 Å². The van der Waals surface area contributed by atoms with Gasteiger partial charge in [0.25, 0.3) is 0 Å². The molecule has 8 nitrogen and oxygen atoms in total. The largest absolute Gasteiger partial charge is 0.444 e. The van der Waals surface area contributed by atoms with Crippen LogP contribution in [0.15, 0.2) is 54.7 Å².